The number of benzene rings is 2. The molecule has 0 spiro atoms. The van der Waals surface area contributed by atoms with Gasteiger partial charge in [-0.2, -0.15) is 4.98 Å². The maximum atomic E-state index is 12.3. The number of aliphatic hydroxyl groups excluding tert-OH is 1. The first kappa shape index (κ1) is 23.0. The number of hydrogen-bond acceptors (Lipinski definition) is 9. The van der Waals surface area contributed by atoms with Crippen molar-refractivity contribution in [2.45, 2.75) is 30.7 Å². The van der Waals surface area contributed by atoms with Gasteiger partial charge in [-0.05, 0) is 49.1 Å². The Morgan fingerprint density at radius 2 is 1.94 bits per heavy atom. The molecule has 3 N–H and O–H groups in total. The summed E-state index contributed by atoms with van der Waals surface area (Å²) in [7, 11) is -3.23. The Balaban J connectivity index is 1.49. The molecule has 2 aromatic heterocycles. The summed E-state index contributed by atoms with van der Waals surface area (Å²) in [4.78, 5) is 13.8. The Morgan fingerprint density at radius 1 is 1.11 bits per heavy atom. The van der Waals surface area contributed by atoms with E-state index in [0.29, 0.717) is 52.4 Å². The normalized spacial score (nSPS) is 15.3. The number of rotatable bonds is 7. The minimum atomic E-state index is -3.23. The van der Waals surface area contributed by atoms with E-state index in [1.807, 2.05) is 36.4 Å². The lowest BCUT2D eigenvalue weighted by Gasteiger charge is -2.20. The van der Waals surface area contributed by atoms with Crippen LogP contribution in [0.4, 0.5) is 17.5 Å². The fourth-order valence-corrected chi connectivity index (χ4v) is 5.70. The lowest BCUT2D eigenvalue weighted by atomic mass is 10.1. The van der Waals surface area contributed by atoms with Crippen LogP contribution >= 0.6 is 0 Å². The Kier molecular flexibility index (Phi) is 6.23. The molecule has 0 aliphatic carbocycles. The number of aliphatic hydroxyl groups is 1. The Bertz CT molecular complexity index is 1450. The van der Waals surface area contributed by atoms with Gasteiger partial charge in [-0.3, -0.25) is 0 Å². The quantitative estimate of drug-likeness (QED) is 0.350. The first-order chi connectivity index (χ1) is 16.9. The van der Waals surface area contributed by atoms with Crippen molar-refractivity contribution in [2.24, 2.45) is 0 Å². The number of sulfone groups is 1. The number of oxazole rings is 1. The second-order valence-corrected chi connectivity index (χ2v) is 10.5. The molecule has 0 amide bonds. The van der Waals surface area contributed by atoms with Crippen molar-refractivity contribution in [2.75, 3.05) is 23.0 Å². The number of fused-ring (bicyclic) bond motifs is 1. The van der Waals surface area contributed by atoms with Gasteiger partial charge in [0.25, 0.3) is 0 Å². The molecule has 0 saturated heterocycles. The molecule has 5 rings (SSSR count). The zero-order valence-electron chi connectivity index (χ0n) is 19.1. The molecule has 0 bridgehead atoms. The third-order valence-corrected chi connectivity index (χ3v) is 7.74. The average molecular weight is 492 g/mol. The summed E-state index contributed by atoms with van der Waals surface area (Å²) in [5.41, 5.74) is 2.92. The summed E-state index contributed by atoms with van der Waals surface area (Å²) in [5.74, 6) is 1.94. The highest BCUT2D eigenvalue weighted by Gasteiger charge is 2.24. The highest BCUT2D eigenvalue weighted by Crippen LogP contribution is 2.31. The highest BCUT2D eigenvalue weighted by molar-refractivity contribution is 7.91. The summed E-state index contributed by atoms with van der Waals surface area (Å²) in [6.45, 7) is 1.65. The molecular weight excluding hydrogens is 466 g/mol. The molecule has 180 valence electrons. The Labute approximate surface area is 203 Å². The van der Waals surface area contributed by atoms with Gasteiger partial charge in [-0.1, -0.05) is 30.3 Å². The highest BCUT2D eigenvalue weighted by atomic mass is 32.2. The lowest BCUT2D eigenvalue weighted by Crippen LogP contribution is -2.17. The van der Waals surface area contributed by atoms with E-state index < -0.39 is 15.9 Å². The molecule has 0 fully saturated rings. The zero-order valence-corrected chi connectivity index (χ0v) is 19.9. The van der Waals surface area contributed by atoms with Crippen molar-refractivity contribution < 1.29 is 17.9 Å². The van der Waals surface area contributed by atoms with Gasteiger partial charge in [0.05, 0.1) is 35.1 Å². The van der Waals surface area contributed by atoms with E-state index in [1.165, 1.54) is 0 Å². The van der Waals surface area contributed by atoms with E-state index in [4.69, 9.17) is 4.42 Å². The predicted molar refractivity (Wildman–Crippen MR) is 132 cm³/mol. The summed E-state index contributed by atoms with van der Waals surface area (Å²) in [5, 5.41) is 16.5. The average Bonchev–Trinajstić information content (AvgIpc) is 3.29. The zero-order chi connectivity index (χ0) is 24.4. The van der Waals surface area contributed by atoms with Crippen LogP contribution in [0.5, 0.6) is 0 Å². The third-order valence-electron chi connectivity index (χ3n) is 5.85. The van der Waals surface area contributed by atoms with Crippen LogP contribution in [0.25, 0.3) is 11.5 Å². The number of nitrogens with zero attached hydrogens (tertiary/aromatic N) is 3. The fourth-order valence-electron chi connectivity index (χ4n) is 4.12. The molecule has 4 aromatic rings. The van der Waals surface area contributed by atoms with Gasteiger partial charge in [0.1, 0.15) is 11.6 Å². The van der Waals surface area contributed by atoms with Crippen molar-refractivity contribution in [1.29, 1.82) is 0 Å². The molecule has 0 radical (unpaired) electrons. The van der Waals surface area contributed by atoms with E-state index in [-0.39, 0.29) is 12.4 Å². The predicted octanol–water partition coefficient (Wildman–Crippen LogP) is 4.05. The minimum absolute atomic E-state index is 0.153. The second kappa shape index (κ2) is 9.47. The molecule has 1 aliphatic rings. The molecule has 2 aromatic carbocycles. The van der Waals surface area contributed by atoms with Gasteiger partial charge in [-0.15, -0.1) is 0 Å². The summed E-state index contributed by atoms with van der Waals surface area (Å²) in [6, 6.07) is 14.3. The number of aryl methyl sites for hydroxylation is 2. The number of aromatic nitrogens is 3. The Hall–Kier alpha value is -3.76. The molecule has 3 heterocycles. The molecule has 0 unspecified atom stereocenters. The van der Waals surface area contributed by atoms with Gasteiger partial charge in [0.2, 0.25) is 11.8 Å². The fraction of sp³-hybridized carbons (Fsp3) is 0.240. The molecule has 9 nitrogen and oxygen atoms in total. The van der Waals surface area contributed by atoms with Crippen molar-refractivity contribution in [1.82, 2.24) is 15.0 Å². The number of hydrogen-bond donors (Lipinski definition) is 3. The monoisotopic (exact) mass is 491 g/mol. The molecule has 35 heavy (non-hydrogen) atoms. The van der Waals surface area contributed by atoms with E-state index in [0.717, 1.165) is 11.1 Å². The van der Waals surface area contributed by atoms with Crippen LogP contribution in [-0.4, -0.2) is 40.8 Å². The summed E-state index contributed by atoms with van der Waals surface area (Å²) < 4.78 is 30.3. The maximum Gasteiger partial charge on any atom is 0.231 e. The van der Waals surface area contributed by atoms with Crippen LogP contribution in [0, 0.1) is 6.92 Å². The molecule has 0 saturated carbocycles. The van der Waals surface area contributed by atoms with Crippen LogP contribution in [0.3, 0.4) is 0 Å². The summed E-state index contributed by atoms with van der Waals surface area (Å²) >= 11 is 0. The molecular formula is C25H25N5O4S. The first-order valence-corrected chi connectivity index (χ1v) is 12.9. The van der Waals surface area contributed by atoms with E-state index >= 15 is 0 Å². The van der Waals surface area contributed by atoms with Gasteiger partial charge in [0, 0.05) is 11.9 Å². The van der Waals surface area contributed by atoms with Crippen molar-refractivity contribution in [3.8, 4) is 11.5 Å². The van der Waals surface area contributed by atoms with Gasteiger partial charge in [0.15, 0.2) is 9.84 Å². The lowest BCUT2D eigenvalue weighted by molar-refractivity contribution is 0.276. The van der Waals surface area contributed by atoms with Crippen LogP contribution in [0.1, 0.15) is 29.3 Å². The van der Waals surface area contributed by atoms with Crippen LogP contribution in [0.2, 0.25) is 0 Å². The molecule has 1 aliphatic heterocycles. The van der Waals surface area contributed by atoms with Crippen LogP contribution in [-0.2, 0) is 16.3 Å². The largest absolute Gasteiger partial charge is 0.441 e. The van der Waals surface area contributed by atoms with Gasteiger partial charge in [-0.25, -0.2) is 18.4 Å². The smallest absolute Gasteiger partial charge is 0.231 e. The summed E-state index contributed by atoms with van der Waals surface area (Å²) in [6.07, 6.45) is 4.53. The van der Waals surface area contributed by atoms with Crippen molar-refractivity contribution in [3.05, 3.63) is 77.8 Å². The van der Waals surface area contributed by atoms with Crippen LogP contribution < -0.4 is 10.6 Å². The molecule has 1 atom stereocenters. The molecule has 10 heteroatoms. The minimum Gasteiger partial charge on any atom is -0.441 e. The third kappa shape index (κ3) is 4.89. The van der Waals surface area contributed by atoms with E-state index in [2.05, 4.69) is 25.6 Å². The standard InChI is InChI=1S/C25H25N5O4S/c1-16-13-26-24(34-16)20-14-27-25(30-23(20)29-21(15-31)17-6-3-2-4-7-17)28-19-9-10-22-18(12-19)8-5-11-35(22,32)33/h2-4,6-7,9-10,12-14,21,31H,5,8,11,15H2,1H3,(H2,27,28,29,30)/t21-/m1/s1. The van der Waals surface area contributed by atoms with Crippen LogP contribution in [0.15, 0.2) is 70.2 Å². The topological polar surface area (TPSA) is 130 Å². The first-order valence-electron chi connectivity index (χ1n) is 11.3. The van der Waals surface area contributed by atoms with Crippen molar-refractivity contribution in [3.63, 3.8) is 0 Å². The Morgan fingerprint density at radius 3 is 2.69 bits per heavy atom. The van der Waals surface area contributed by atoms with E-state index in [1.54, 1.807) is 31.5 Å². The van der Waals surface area contributed by atoms with Crippen molar-refractivity contribution >= 4 is 27.3 Å². The maximum absolute atomic E-state index is 12.3. The number of anilines is 3. The van der Waals surface area contributed by atoms with Gasteiger partial charge < -0.3 is 20.2 Å². The number of nitrogens with one attached hydrogen (secondary N) is 2. The SMILES string of the molecule is Cc1cnc(-c2cnc(Nc3ccc4c(c3)CCCS4(=O)=O)nc2N[C@H](CO)c2ccccc2)o1. The second-order valence-electron chi connectivity index (χ2n) is 8.39. The van der Waals surface area contributed by atoms with Gasteiger partial charge >= 0.3 is 0 Å². The van der Waals surface area contributed by atoms with E-state index in [9.17, 15) is 13.5 Å².